The Hall–Kier alpha value is -4.05. The average molecular weight is 532 g/mol. The first-order valence-electron chi connectivity index (χ1n) is 13.1. The number of rotatable bonds is 6. The summed E-state index contributed by atoms with van der Waals surface area (Å²) in [6.45, 7) is 7.54. The summed E-state index contributed by atoms with van der Waals surface area (Å²) in [6.07, 6.45) is -0.478. The molecular weight excluding hydrogens is 498 g/mol. The summed E-state index contributed by atoms with van der Waals surface area (Å²) in [5.74, 6) is -0.326. The van der Waals surface area contributed by atoms with E-state index < -0.39 is 23.6 Å². The van der Waals surface area contributed by atoms with Crippen LogP contribution in [0.25, 0.3) is 11.3 Å². The van der Waals surface area contributed by atoms with Gasteiger partial charge in [-0.2, -0.15) is 0 Å². The van der Waals surface area contributed by atoms with Gasteiger partial charge in [-0.1, -0.05) is 49.3 Å². The highest BCUT2D eigenvalue weighted by molar-refractivity contribution is 6.11. The third-order valence-electron chi connectivity index (χ3n) is 7.72. The van der Waals surface area contributed by atoms with E-state index in [0.29, 0.717) is 22.9 Å². The van der Waals surface area contributed by atoms with Crippen LogP contribution in [0.3, 0.4) is 0 Å². The van der Waals surface area contributed by atoms with Gasteiger partial charge in [-0.25, -0.2) is 4.99 Å². The maximum absolute atomic E-state index is 13.8. The van der Waals surface area contributed by atoms with Gasteiger partial charge in [0.2, 0.25) is 5.91 Å². The van der Waals surface area contributed by atoms with Gasteiger partial charge in [0.15, 0.2) is 5.54 Å². The quantitative estimate of drug-likeness (QED) is 0.503. The number of aryl methyl sites for hydroxylation is 1. The summed E-state index contributed by atoms with van der Waals surface area (Å²) >= 11 is 0. The zero-order valence-corrected chi connectivity index (χ0v) is 22.7. The molecule has 0 spiro atoms. The third-order valence-corrected chi connectivity index (χ3v) is 7.72. The maximum atomic E-state index is 13.8. The molecule has 0 unspecified atom stereocenters. The van der Waals surface area contributed by atoms with Gasteiger partial charge in [-0.05, 0) is 37.0 Å². The van der Waals surface area contributed by atoms with Crippen molar-refractivity contribution in [1.82, 2.24) is 19.9 Å². The van der Waals surface area contributed by atoms with E-state index in [1.807, 2.05) is 44.2 Å². The summed E-state index contributed by atoms with van der Waals surface area (Å²) < 4.78 is 7.01. The Balaban J connectivity index is 1.44. The van der Waals surface area contributed by atoms with Crippen LogP contribution in [0.15, 0.2) is 62.8 Å². The molecule has 1 saturated heterocycles. The first-order valence-corrected chi connectivity index (χ1v) is 13.1. The number of carbonyl (C=O) groups excluding carboxylic acids is 2. The molecule has 3 aromatic rings. The molecule has 0 bridgehead atoms. The molecule has 0 radical (unpaired) electrons. The number of nitrogens with one attached hydrogen (secondary N) is 1. The second-order valence-corrected chi connectivity index (χ2v) is 10.9. The third kappa shape index (κ3) is 4.69. The van der Waals surface area contributed by atoms with Crippen LogP contribution in [0.4, 0.5) is 0 Å². The van der Waals surface area contributed by atoms with E-state index in [2.05, 4.69) is 10.5 Å². The number of pyridine rings is 1. The first kappa shape index (κ1) is 26.6. The highest BCUT2D eigenvalue weighted by atomic mass is 16.5. The maximum Gasteiger partial charge on any atom is 0.257 e. The molecule has 4 heterocycles. The molecule has 2 aliphatic heterocycles. The van der Waals surface area contributed by atoms with Crippen LogP contribution in [-0.4, -0.2) is 56.1 Å². The number of likely N-dealkylation sites (tertiary alicyclic amines) is 1. The van der Waals surface area contributed by atoms with Gasteiger partial charge in [0.25, 0.3) is 11.5 Å². The lowest BCUT2D eigenvalue weighted by molar-refractivity contribution is -0.134. The van der Waals surface area contributed by atoms with E-state index in [-0.39, 0.29) is 36.3 Å². The molecule has 1 aromatic carbocycles. The molecule has 39 heavy (non-hydrogen) atoms. The zero-order chi connectivity index (χ0) is 28.1. The van der Waals surface area contributed by atoms with Crippen molar-refractivity contribution in [3.63, 3.8) is 0 Å². The fourth-order valence-electron chi connectivity index (χ4n) is 5.49. The number of aliphatic hydroxyl groups excluding tert-OH is 1. The smallest absolute Gasteiger partial charge is 0.257 e. The zero-order valence-electron chi connectivity index (χ0n) is 22.7. The van der Waals surface area contributed by atoms with E-state index >= 15 is 0 Å². The molecular formula is C29H33N5O5. The van der Waals surface area contributed by atoms with Crippen LogP contribution in [0.5, 0.6) is 0 Å². The molecule has 5 rings (SSSR count). The molecule has 2 aliphatic rings. The van der Waals surface area contributed by atoms with Crippen molar-refractivity contribution < 1.29 is 19.2 Å². The summed E-state index contributed by atoms with van der Waals surface area (Å²) in [6, 6.07) is 13.6. The lowest BCUT2D eigenvalue weighted by Crippen LogP contribution is -2.48. The molecule has 10 nitrogen and oxygen atoms in total. The van der Waals surface area contributed by atoms with Crippen molar-refractivity contribution in [2.45, 2.75) is 57.7 Å². The van der Waals surface area contributed by atoms with Crippen LogP contribution in [0, 0.1) is 12.8 Å². The van der Waals surface area contributed by atoms with Gasteiger partial charge >= 0.3 is 0 Å². The number of nitrogens with zero attached hydrogens (tertiary/aromatic N) is 4. The Morgan fingerprint density at radius 3 is 2.54 bits per heavy atom. The molecule has 2 N–H and O–H groups in total. The highest BCUT2D eigenvalue weighted by Gasteiger charge is 2.48. The second kappa shape index (κ2) is 9.92. The second-order valence-electron chi connectivity index (χ2n) is 10.9. The summed E-state index contributed by atoms with van der Waals surface area (Å²) in [4.78, 5) is 45.5. The molecule has 2 aromatic heterocycles. The van der Waals surface area contributed by atoms with E-state index in [0.717, 1.165) is 11.3 Å². The van der Waals surface area contributed by atoms with Crippen LogP contribution in [0.1, 0.15) is 50.1 Å². The van der Waals surface area contributed by atoms with Crippen LogP contribution in [-0.2, 0) is 22.2 Å². The van der Waals surface area contributed by atoms with Gasteiger partial charge in [-0.15, -0.1) is 0 Å². The number of β-amino-alcohol motifs (C(OH)–C–C–N with tert-alkyl or cyclic N) is 1. The number of hydrogen-bond acceptors (Lipinski definition) is 7. The topological polar surface area (TPSA) is 130 Å². The van der Waals surface area contributed by atoms with Crippen molar-refractivity contribution in [2.24, 2.45) is 18.0 Å². The molecule has 2 amide bonds. The SMILES string of the molecule is Cc1cc([C@H](C(=O)N2C[C@H](O)C[C@@H]2C2=N[C@](C)(c3ccc(-c4cccc(=O)n4C)cc3)C(=O)N2)C(C)C)on1. The van der Waals surface area contributed by atoms with Crippen molar-refractivity contribution in [3.8, 4) is 11.3 Å². The number of amidine groups is 1. The van der Waals surface area contributed by atoms with E-state index in [4.69, 9.17) is 9.52 Å². The van der Waals surface area contributed by atoms with Crippen molar-refractivity contribution in [1.29, 1.82) is 0 Å². The normalized spacial score (nSPS) is 23.7. The Labute approximate surface area is 226 Å². The van der Waals surface area contributed by atoms with Crippen molar-refractivity contribution >= 4 is 17.6 Å². The average Bonchev–Trinajstić information content (AvgIpc) is 3.58. The van der Waals surface area contributed by atoms with Crippen LogP contribution >= 0.6 is 0 Å². The lowest BCUT2D eigenvalue weighted by atomic mass is 9.91. The summed E-state index contributed by atoms with van der Waals surface area (Å²) in [5.41, 5.74) is 1.64. The number of aliphatic hydroxyl groups is 1. The monoisotopic (exact) mass is 531 g/mol. The number of aromatic nitrogens is 2. The molecule has 204 valence electrons. The molecule has 4 atom stereocenters. The largest absolute Gasteiger partial charge is 0.391 e. The Morgan fingerprint density at radius 2 is 1.90 bits per heavy atom. The highest BCUT2D eigenvalue weighted by Crippen LogP contribution is 2.35. The van der Waals surface area contributed by atoms with Crippen molar-refractivity contribution in [2.75, 3.05) is 6.54 Å². The van der Waals surface area contributed by atoms with E-state index in [1.165, 1.54) is 6.07 Å². The minimum atomic E-state index is -1.21. The minimum Gasteiger partial charge on any atom is -0.391 e. The number of carbonyl (C=O) groups is 2. The Kier molecular flexibility index (Phi) is 6.76. The predicted octanol–water partition coefficient (Wildman–Crippen LogP) is 2.49. The number of amides is 2. The van der Waals surface area contributed by atoms with Gasteiger partial charge in [0, 0.05) is 32.1 Å². The predicted molar refractivity (Wildman–Crippen MR) is 145 cm³/mol. The first-order chi connectivity index (χ1) is 18.5. The molecule has 1 fully saturated rings. The van der Waals surface area contributed by atoms with Crippen LogP contribution in [0.2, 0.25) is 0 Å². The molecule has 10 heteroatoms. The summed E-state index contributed by atoms with van der Waals surface area (Å²) in [7, 11) is 1.71. The standard InChI is InChI=1S/C29H33N5O5/c1-16(2)25(23-13-17(3)32-39-23)27(37)34-15-20(35)14-22(34)26-30-28(38)29(4,31-26)19-11-9-18(10-12-19)21-7-6-8-24(36)33(21)5/h6-13,16,20,22,25,35H,14-15H2,1-5H3,(H,30,31,38)/t20-,22-,25-,29-/m1/s1. The van der Waals surface area contributed by atoms with Gasteiger partial charge in [0.1, 0.15) is 17.5 Å². The fraction of sp³-hybridized carbons (Fsp3) is 0.414. The van der Waals surface area contributed by atoms with E-state index in [1.54, 1.807) is 42.5 Å². The molecule has 0 aliphatic carbocycles. The minimum absolute atomic E-state index is 0.0729. The number of hydrogen-bond donors (Lipinski definition) is 2. The van der Waals surface area contributed by atoms with Crippen LogP contribution < -0.4 is 10.9 Å². The van der Waals surface area contributed by atoms with Gasteiger partial charge in [-0.3, -0.25) is 14.4 Å². The lowest BCUT2D eigenvalue weighted by Gasteiger charge is -2.29. The van der Waals surface area contributed by atoms with Gasteiger partial charge < -0.3 is 24.4 Å². The molecule has 0 saturated carbocycles. The Morgan fingerprint density at radius 1 is 1.18 bits per heavy atom. The van der Waals surface area contributed by atoms with Gasteiger partial charge in [0.05, 0.1) is 23.5 Å². The number of aliphatic imine (C=N–C) groups is 1. The summed E-state index contributed by atoms with van der Waals surface area (Å²) in [5, 5.41) is 17.4. The fourth-order valence-corrected chi connectivity index (χ4v) is 5.49. The van der Waals surface area contributed by atoms with Crippen molar-refractivity contribution in [3.05, 3.63) is 75.9 Å². The Bertz CT molecular complexity index is 1500. The number of benzene rings is 1. The van der Waals surface area contributed by atoms with E-state index in [9.17, 15) is 19.5 Å².